The second-order valence-corrected chi connectivity index (χ2v) is 10.7. The van der Waals surface area contributed by atoms with E-state index in [4.69, 9.17) is 14.2 Å². The van der Waals surface area contributed by atoms with Crippen molar-refractivity contribution in [3.8, 4) is 0 Å². The van der Waals surface area contributed by atoms with Crippen LogP contribution in [-0.4, -0.2) is 59.2 Å². The van der Waals surface area contributed by atoms with E-state index in [1.54, 1.807) is 25.1 Å². The molecule has 2 aromatic heterocycles. The molecule has 1 aromatic carbocycles. The number of phosphoric acid groups is 2. The molecular formula is C18H22N3Na3O13P2. The largest absolute Gasteiger partial charge is 1.00 e. The normalized spacial score (nSPS) is 23.6. The molecule has 21 heteroatoms. The van der Waals surface area contributed by atoms with E-state index in [0.29, 0.717) is 16.7 Å². The van der Waals surface area contributed by atoms with Gasteiger partial charge in [0.2, 0.25) is 0 Å². The molecule has 1 saturated heterocycles. The van der Waals surface area contributed by atoms with Crippen molar-refractivity contribution < 1.29 is 144 Å². The molecule has 0 spiro atoms. The Morgan fingerprint density at radius 2 is 1.79 bits per heavy atom. The van der Waals surface area contributed by atoms with E-state index in [-0.39, 0.29) is 98.1 Å². The minimum atomic E-state index is -5.63. The van der Waals surface area contributed by atoms with Crippen molar-refractivity contribution in [2.45, 2.75) is 38.0 Å². The number of aryl methyl sites for hydroxylation is 1. The molecule has 1 fully saturated rings. The van der Waals surface area contributed by atoms with Crippen molar-refractivity contribution in [2.75, 3.05) is 6.61 Å². The molecule has 3 unspecified atom stereocenters. The molecule has 3 heterocycles. The van der Waals surface area contributed by atoms with Gasteiger partial charge < -0.3 is 37.0 Å². The number of ether oxygens (including phenoxy) is 1. The maximum Gasteiger partial charge on any atom is 1.00 e. The molecule has 0 saturated carbocycles. The second kappa shape index (κ2) is 14.8. The topological polar surface area (TPSA) is 236 Å². The number of hydrogen-bond acceptors (Lipinski definition) is 12. The summed E-state index contributed by atoms with van der Waals surface area (Å²) in [4.78, 5) is 54.1. The van der Waals surface area contributed by atoms with Gasteiger partial charge in [0, 0.05) is 17.6 Å². The summed E-state index contributed by atoms with van der Waals surface area (Å²) in [6.45, 7) is 0.545. The molecule has 4 N–H and O–H groups in total. The SMILES string of the molecule is Cc1cccc2c(Cn3c(=O)ccn([C@@H]4O[C@H](COP(=O)(O)OP(=O)([O-])O)[C@H](O)C4O)c3=O)noc12.[H-].[H-].[Na+].[Na+].[Na+]. The van der Waals surface area contributed by atoms with E-state index >= 15 is 0 Å². The predicted molar refractivity (Wildman–Crippen MR) is 118 cm³/mol. The smallest absolute Gasteiger partial charge is 1.00 e. The van der Waals surface area contributed by atoms with Gasteiger partial charge in [-0.05, 0) is 18.6 Å². The summed E-state index contributed by atoms with van der Waals surface area (Å²) in [6.07, 6.45) is -5.60. The fourth-order valence-corrected chi connectivity index (χ4v) is 5.27. The average molecular weight is 619 g/mol. The molecule has 6 atom stereocenters. The summed E-state index contributed by atoms with van der Waals surface area (Å²) in [5.74, 6) is 0. The van der Waals surface area contributed by atoms with Gasteiger partial charge in [-0.15, -0.1) is 0 Å². The molecule has 16 nitrogen and oxygen atoms in total. The second-order valence-electron chi connectivity index (χ2n) is 7.87. The maximum absolute atomic E-state index is 13.1. The number of aromatic nitrogens is 3. The van der Waals surface area contributed by atoms with E-state index < -0.39 is 58.0 Å². The van der Waals surface area contributed by atoms with Crippen molar-refractivity contribution >= 4 is 26.6 Å². The Morgan fingerprint density at radius 3 is 2.44 bits per heavy atom. The summed E-state index contributed by atoms with van der Waals surface area (Å²) >= 11 is 0. The molecule has 1 aliphatic rings. The number of aliphatic hydroxyl groups excluding tert-OH is 2. The van der Waals surface area contributed by atoms with Crippen LogP contribution >= 0.6 is 15.6 Å². The van der Waals surface area contributed by atoms with Crippen LogP contribution in [0.4, 0.5) is 0 Å². The Morgan fingerprint density at radius 1 is 1.13 bits per heavy atom. The van der Waals surface area contributed by atoms with Crippen molar-refractivity contribution in [3.05, 3.63) is 62.6 Å². The fraction of sp³-hybridized carbons (Fsp3) is 0.389. The number of benzene rings is 1. The molecule has 0 aliphatic carbocycles. The van der Waals surface area contributed by atoms with Crippen LogP contribution in [0.1, 0.15) is 20.3 Å². The summed E-state index contributed by atoms with van der Waals surface area (Å²) in [6, 6.07) is 6.28. The number of nitrogens with zero attached hydrogens (tertiary/aromatic N) is 3. The fourth-order valence-electron chi connectivity index (χ4n) is 3.70. The monoisotopic (exact) mass is 619 g/mol. The van der Waals surface area contributed by atoms with Crippen molar-refractivity contribution in [3.63, 3.8) is 0 Å². The Labute approximate surface area is 288 Å². The van der Waals surface area contributed by atoms with Gasteiger partial charge >= 0.3 is 102 Å². The summed E-state index contributed by atoms with van der Waals surface area (Å²) in [7, 11) is -10.9. The van der Waals surface area contributed by atoms with Crippen LogP contribution < -0.4 is 105 Å². The molecule has 200 valence electrons. The number of phosphoric ester groups is 1. The van der Waals surface area contributed by atoms with Crippen LogP contribution in [0.3, 0.4) is 0 Å². The van der Waals surface area contributed by atoms with Crippen LogP contribution in [0.5, 0.6) is 0 Å². The van der Waals surface area contributed by atoms with Crippen molar-refractivity contribution in [2.24, 2.45) is 0 Å². The van der Waals surface area contributed by atoms with E-state index in [1.807, 2.05) is 0 Å². The Hall–Kier alpha value is 0.510. The third kappa shape index (κ3) is 8.77. The van der Waals surface area contributed by atoms with Crippen LogP contribution in [-0.2, 0) is 29.2 Å². The first kappa shape index (κ1) is 37.5. The average Bonchev–Trinajstić information content (AvgIpc) is 3.31. The van der Waals surface area contributed by atoms with Gasteiger partial charge in [0.05, 0.1) is 13.2 Å². The van der Waals surface area contributed by atoms with E-state index in [1.165, 1.54) is 0 Å². The first-order valence-corrected chi connectivity index (χ1v) is 13.2. The molecule has 0 radical (unpaired) electrons. The van der Waals surface area contributed by atoms with Gasteiger partial charge in [-0.2, -0.15) is 0 Å². The summed E-state index contributed by atoms with van der Waals surface area (Å²) in [5, 5.41) is 25.2. The van der Waals surface area contributed by atoms with Crippen molar-refractivity contribution in [1.29, 1.82) is 0 Å². The first-order valence-electron chi connectivity index (χ1n) is 10.2. The molecule has 3 aromatic rings. The van der Waals surface area contributed by atoms with E-state index in [2.05, 4.69) is 14.0 Å². The minimum Gasteiger partial charge on any atom is -1.00 e. The van der Waals surface area contributed by atoms with E-state index in [9.17, 15) is 38.7 Å². The van der Waals surface area contributed by atoms with Gasteiger partial charge in [-0.1, -0.05) is 17.3 Å². The van der Waals surface area contributed by atoms with Crippen LogP contribution in [0.25, 0.3) is 11.0 Å². The molecule has 0 bridgehead atoms. The number of aliphatic hydroxyl groups is 2. The first-order chi connectivity index (χ1) is 16.8. The zero-order valence-corrected chi connectivity index (χ0v) is 29.1. The number of hydrogen-bond donors (Lipinski definition) is 4. The zero-order chi connectivity index (χ0) is 26.4. The molecule has 1 aliphatic heterocycles. The summed E-state index contributed by atoms with van der Waals surface area (Å²) in [5.41, 5.74) is -0.0611. The number of fused-ring (bicyclic) bond motifs is 1. The van der Waals surface area contributed by atoms with Gasteiger partial charge in [-0.3, -0.25) is 23.0 Å². The van der Waals surface area contributed by atoms with Gasteiger partial charge in [0.15, 0.2) is 11.8 Å². The summed E-state index contributed by atoms with van der Waals surface area (Å²) < 4.78 is 42.5. The van der Waals surface area contributed by atoms with Crippen LogP contribution in [0.15, 0.2) is 44.6 Å². The number of para-hydroxylation sites is 1. The predicted octanol–water partition coefficient (Wildman–Crippen LogP) is -10.0. The van der Waals surface area contributed by atoms with Gasteiger partial charge in [-0.25, -0.2) is 13.7 Å². The molecular weight excluding hydrogens is 597 g/mol. The van der Waals surface area contributed by atoms with Gasteiger partial charge in [0.25, 0.3) is 13.4 Å². The quantitative estimate of drug-likeness (QED) is 0.135. The molecule has 39 heavy (non-hydrogen) atoms. The minimum absolute atomic E-state index is 0. The number of rotatable bonds is 8. The zero-order valence-electron chi connectivity index (χ0n) is 23.3. The van der Waals surface area contributed by atoms with E-state index in [0.717, 1.165) is 27.0 Å². The molecule has 4 rings (SSSR count). The third-order valence-electron chi connectivity index (χ3n) is 5.39. The Balaban J connectivity index is 0. The standard InChI is InChI=1S/C18H21N3O13P2.3Na.2H/c1-9-3-2-4-10-11(19-33-16(9)10)7-21-13(22)5-6-20(18(21)25)17-15(24)14(23)12(32-17)8-31-36(29,30)34-35(26,27)28;;;;;/h2-6,12,14-15,17,23-24H,7-8H2,1H3,(H,29,30)(H2,26,27,28);;;;;/q;3*+1;2*-1/p-1/t12-,14+,15?,17-;;;;;/m1...../s1. The van der Waals surface area contributed by atoms with Crippen molar-refractivity contribution in [1.82, 2.24) is 14.3 Å². The molecule has 0 amide bonds. The Kier molecular flexibility index (Phi) is 14.2. The maximum atomic E-state index is 13.1. The van der Waals surface area contributed by atoms with Crippen LogP contribution in [0, 0.1) is 6.92 Å². The van der Waals surface area contributed by atoms with Crippen LogP contribution in [0.2, 0.25) is 0 Å². The third-order valence-corrected chi connectivity index (χ3v) is 7.52. The Bertz CT molecular complexity index is 1520. The van der Waals surface area contributed by atoms with Gasteiger partial charge in [0.1, 0.15) is 24.0 Å².